The maximum Gasteiger partial charge on any atom is 0.211 e. The number of H-pyrrole nitrogens is 2. The second kappa shape index (κ2) is 19.2. The summed E-state index contributed by atoms with van der Waals surface area (Å²) in [6.07, 6.45) is 0. The minimum atomic E-state index is -4.95. The van der Waals surface area contributed by atoms with E-state index < -0.39 is 30.0 Å². The zero-order chi connectivity index (χ0) is 44.5. The first-order valence-corrected chi connectivity index (χ1v) is 23.1. The van der Waals surface area contributed by atoms with E-state index in [0.29, 0.717) is 21.5 Å². The second-order valence-electron chi connectivity index (χ2n) is 14.6. The van der Waals surface area contributed by atoms with Gasteiger partial charge in [0.15, 0.2) is 0 Å². The molecule has 10 aromatic rings. The Balaban J connectivity index is 0.000000137. The van der Waals surface area contributed by atoms with Crippen LogP contribution in [0.2, 0.25) is 0 Å². The average molecular weight is 877 g/mol. The summed E-state index contributed by atoms with van der Waals surface area (Å²) in [5.74, 6) is 0. The van der Waals surface area contributed by atoms with Crippen LogP contribution in [0.4, 0.5) is 0 Å². The Labute approximate surface area is 372 Å². The van der Waals surface area contributed by atoms with Crippen molar-refractivity contribution < 1.29 is 35.9 Å². The fourth-order valence-electron chi connectivity index (χ4n) is 7.52. The fourth-order valence-corrected chi connectivity index (χ4v) is 8.91. The zero-order valence-corrected chi connectivity index (χ0v) is 35.8. The summed E-state index contributed by atoms with van der Waals surface area (Å²) < 4.78 is 71.9. The van der Waals surface area contributed by atoms with Crippen molar-refractivity contribution in [2.45, 2.75) is 9.79 Å². The van der Waals surface area contributed by atoms with Crippen LogP contribution in [-0.4, -0.2) is 25.9 Å². The van der Waals surface area contributed by atoms with Crippen LogP contribution in [0.1, 0.15) is 0 Å². The highest BCUT2D eigenvalue weighted by molar-refractivity contribution is 7.86. The first-order valence-electron chi connectivity index (χ1n) is 20.3. The Hall–Kier alpha value is -7.60. The number of rotatable bonds is 7. The van der Waals surface area contributed by atoms with E-state index in [-0.39, 0.29) is 11.1 Å². The SMILES string of the molecule is O=S(=O)([O-])c1ccc2ccccc2c1-c1c(S(=O)(=O)[O-])ccc2ccccc12.c1ccc(-c2cccc(-c3ccccc3)[nH+]2)cc1.c1ccc(-c2cccc(-c3ccccc3)[nH+]2)cc1. The quantitative estimate of drug-likeness (QED) is 0.146. The lowest BCUT2D eigenvalue weighted by Crippen LogP contribution is -2.10. The van der Waals surface area contributed by atoms with Crippen molar-refractivity contribution in [3.05, 3.63) is 231 Å². The molecule has 2 N–H and O–H groups in total. The number of fused-ring (bicyclic) bond motifs is 2. The normalized spacial score (nSPS) is 11.2. The van der Waals surface area contributed by atoms with Crippen LogP contribution in [0, 0.1) is 0 Å². The predicted octanol–water partition coefficient (Wildman–Crippen LogP) is 11.1. The van der Waals surface area contributed by atoms with E-state index in [1.807, 2.05) is 24.3 Å². The highest BCUT2D eigenvalue weighted by Crippen LogP contribution is 2.42. The van der Waals surface area contributed by atoms with Gasteiger partial charge in [-0.25, -0.2) is 26.8 Å². The molecule has 0 aliphatic rings. The molecule has 0 fully saturated rings. The van der Waals surface area contributed by atoms with Crippen LogP contribution in [0.25, 0.3) is 77.7 Å². The second-order valence-corrected chi connectivity index (χ2v) is 17.3. The summed E-state index contributed by atoms with van der Waals surface area (Å²) in [6, 6.07) is 72.6. The van der Waals surface area contributed by atoms with Gasteiger partial charge in [-0.05, 0) is 94.3 Å². The minimum Gasteiger partial charge on any atom is -0.744 e. The highest BCUT2D eigenvalue weighted by atomic mass is 32.2. The lowest BCUT2D eigenvalue weighted by molar-refractivity contribution is -0.351. The van der Waals surface area contributed by atoms with Gasteiger partial charge in [0.1, 0.15) is 20.2 Å². The summed E-state index contributed by atoms with van der Waals surface area (Å²) in [7, 11) is -9.90. The van der Waals surface area contributed by atoms with Gasteiger partial charge in [0.2, 0.25) is 22.8 Å². The summed E-state index contributed by atoms with van der Waals surface area (Å²) in [5, 5.41) is 1.93. The lowest BCUT2D eigenvalue weighted by Gasteiger charge is -2.21. The standard InChI is InChI=1S/C20H14O6S2.2C17H13N/c21-27(22,23)17-11-9-13-5-1-3-7-15(13)19(17)20-16-8-4-2-6-14(16)10-12-18(20)28(24,25)26;2*1-3-8-14(9-4-1)16-12-7-13-17(18-16)15-10-5-2-6-11-15/h1-12H,(H,21,22,23)(H,24,25,26);2*1-13H. The number of hydrogen-bond donors (Lipinski definition) is 0. The van der Waals surface area contributed by atoms with Crippen LogP contribution in [0.15, 0.2) is 240 Å². The van der Waals surface area contributed by atoms with Gasteiger partial charge in [-0.1, -0.05) is 133 Å². The van der Waals surface area contributed by atoms with Crippen molar-refractivity contribution >= 4 is 41.8 Å². The van der Waals surface area contributed by atoms with Gasteiger partial charge < -0.3 is 9.11 Å². The monoisotopic (exact) mass is 876 g/mol. The van der Waals surface area contributed by atoms with Crippen molar-refractivity contribution in [3.8, 4) is 56.2 Å². The van der Waals surface area contributed by atoms with Gasteiger partial charge >= 0.3 is 0 Å². The molecule has 0 spiro atoms. The topological polar surface area (TPSA) is 143 Å². The summed E-state index contributed by atoms with van der Waals surface area (Å²) in [5.41, 5.74) is 9.19. The average Bonchev–Trinajstić information content (AvgIpc) is 3.34. The molecule has 64 heavy (non-hydrogen) atoms. The van der Waals surface area contributed by atoms with E-state index in [1.54, 1.807) is 48.5 Å². The molecule has 0 saturated carbocycles. The largest absolute Gasteiger partial charge is 0.744 e. The summed E-state index contributed by atoms with van der Waals surface area (Å²) in [6.45, 7) is 0. The van der Waals surface area contributed by atoms with Crippen molar-refractivity contribution in [1.82, 2.24) is 0 Å². The van der Waals surface area contributed by atoms with E-state index in [1.165, 1.54) is 34.4 Å². The molecular formula is C54H40N2O6S2. The Morgan fingerprint density at radius 3 is 0.828 bits per heavy atom. The smallest absolute Gasteiger partial charge is 0.211 e. The van der Waals surface area contributed by atoms with Crippen LogP contribution in [-0.2, 0) is 20.2 Å². The number of pyridine rings is 2. The molecule has 0 bridgehead atoms. The molecular weight excluding hydrogens is 837 g/mol. The Morgan fingerprint density at radius 1 is 0.281 bits per heavy atom. The lowest BCUT2D eigenvalue weighted by atomic mass is 9.94. The molecule has 0 unspecified atom stereocenters. The molecule has 0 radical (unpaired) electrons. The maximum absolute atomic E-state index is 12.0. The van der Waals surface area contributed by atoms with Crippen molar-refractivity contribution in [2.24, 2.45) is 0 Å². The van der Waals surface area contributed by atoms with Gasteiger partial charge in [0.05, 0.1) is 9.79 Å². The van der Waals surface area contributed by atoms with Gasteiger partial charge in [-0.15, -0.1) is 0 Å². The van der Waals surface area contributed by atoms with Gasteiger partial charge in [-0.3, -0.25) is 0 Å². The molecule has 2 aromatic heterocycles. The molecule has 8 nitrogen and oxygen atoms in total. The third-order valence-electron chi connectivity index (χ3n) is 10.5. The van der Waals surface area contributed by atoms with Crippen molar-refractivity contribution in [3.63, 3.8) is 0 Å². The van der Waals surface area contributed by atoms with Gasteiger partial charge in [0, 0.05) is 57.6 Å². The molecule has 8 aromatic carbocycles. The minimum absolute atomic E-state index is 0.0840. The van der Waals surface area contributed by atoms with Gasteiger partial charge in [-0.2, -0.15) is 0 Å². The molecule has 0 amide bonds. The Morgan fingerprint density at radius 2 is 0.547 bits per heavy atom. The molecule has 10 rings (SSSR count). The van der Waals surface area contributed by atoms with Crippen LogP contribution >= 0.6 is 0 Å². The van der Waals surface area contributed by atoms with E-state index in [9.17, 15) is 25.9 Å². The number of hydrogen-bond acceptors (Lipinski definition) is 6. The number of aromatic nitrogens is 2. The number of nitrogens with one attached hydrogen (secondary N) is 2. The van der Waals surface area contributed by atoms with E-state index in [0.717, 1.165) is 34.9 Å². The van der Waals surface area contributed by atoms with E-state index >= 15 is 0 Å². The molecule has 0 aliphatic heterocycles. The Bertz CT molecular complexity index is 3090. The third-order valence-corrected chi connectivity index (χ3v) is 12.3. The van der Waals surface area contributed by atoms with Gasteiger partial charge in [0.25, 0.3) is 0 Å². The molecule has 2 heterocycles. The zero-order valence-electron chi connectivity index (χ0n) is 34.2. The molecule has 314 valence electrons. The highest BCUT2D eigenvalue weighted by Gasteiger charge is 2.22. The number of benzene rings is 8. The van der Waals surface area contributed by atoms with Crippen molar-refractivity contribution in [2.75, 3.05) is 0 Å². The Kier molecular flexibility index (Phi) is 12.9. The maximum atomic E-state index is 12.0. The van der Waals surface area contributed by atoms with E-state index in [4.69, 9.17) is 0 Å². The summed E-state index contributed by atoms with van der Waals surface area (Å²) in [4.78, 5) is 5.80. The molecule has 10 heteroatoms. The van der Waals surface area contributed by atoms with Crippen molar-refractivity contribution in [1.29, 1.82) is 0 Å². The summed E-state index contributed by atoms with van der Waals surface area (Å²) >= 11 is 0. The van der Waals surface area contributed by atoms with E-state index in [2.05, 4.69) is 143 Å². The predicted molar refractivity (Wildman–Crippen MR) is 251 cm³/mol. The molecule has 0 aliphatic carbocycles. The third kappa shape index (κ3) is 10.0. The van der Waals surface area contributed by atoms with Crippen LogP contribution < -0.4 is 9.97 Å². The first-order chi connectivity index (χ1) is 31.0. The molecule has 0 saturated heterocycles. The van der Waals surface area contributed by atoms with Crippen LogP contribution in [0.3, 0.4) is 0 Å². The first kappa shape index (κ1) is 43.1. The van der Waals surface area contributed by atoms with Crippen LogP contribution in [0.5, 0.6) is 0 Å². The number of aromatic amines is 2. The fraction of sp³-hybridized carbons (Fsp3) is 0. The molecule has 0 atom stereocenters.